The van der Waals surface area contributed by atoms with E-state index >= 15 is 0 Å². The smallest absolute Gasteiger partial charge is 0.267 e. The number of carbonyl (C=O) groups is 2. The Balaban J connectivity index is 1.38. The number of hydrogen-bond acceptors (Lipinski definition) is 4. The minimum absolute atomic E-state index is 0.184. The summed E-state index contributed by atoms with van der Waals surface area (Å²) in [5.41, 5.74) is 6.08. The number of benzene rings is 2. The predicted molar refractivity (Wildman–Crippen MR) is 138 cm³/mol. The molecule has 0 spiro atoms. The zero-order valence-electron chi connectivity index (χ0n) is 20.0. The van der Waals surface area contributed by atoms with E-state index in [1.54, 1.807) is 11.6 Å². The van der Waals surface area contributed by atoms with E-state index in [1.807, 2.05) is 30.3 Å². The van der Waals surface area contributed by atoms with Gasteiger partial charge in [-0.3, -0.25) is 19.7 Å². The lowest BCUT2D eigenvalue weighted by Gasteiger charge is -2.23. The third-order valence-electron chi connectivity index (χ3n) is 6.75. The van der Waals surface area contributed by atoms with Gasteiger partial charge in [0.2, 0.25) is 5.91 Å². The van der Waals surface area contributed by atoms with Crippen molar-refractivity contribution < 1.29 is 14.8 Å². The van der Waals surface area contributed by atoms with Gasteiger partial charge in [0, 0.05) is 55.3 Å². The molecule has 7 heteroatoms. The third-order valence-corrected chi connectivity index (χ3v) is 6.75. The van der Waals surface area contributed by atoms with Crippen LogP contribution in [0.1, 0.15) is 42.4 Å². The predicted octanol–water partition coefficient (Wildman–Crippen LogP) is 4.04. The monoisotopic (exact) mass is 474 g/mol. The third kappa shape index (κ3) is 7.04. The van der Waals surface area contributed by atoms with E-state index in [9.17, 15) is 9.59 Å². The largest absolute Gasteiger partial charge is 0.361 e. The van der Waals surface area contributed by atoms with Crippen LogP contribution in [0.5, 0.6) is 0 Å². The number of aromatic nitrogens is 1. The van der Waals surface area contributed by atoms with Crippen LogP contribution in [0.3, 0.4) is 0 Å². The van der Waals surface area contributed by atoms with Gasteiger partial charge in [-0.1, -0.05) is 55.3 Å². The molecule has 1 aliphatic rings. The molecule has 3 aromatic rings. The van der Waals surface area contributed by atoms with Crippen molar-refractivity contribution in [3.8, 4) is 0 Å². The number of nitrogens with one attached hydrogen (secondary N) is 3. The highest BCUT2D eigenvalue weighted by Crippen LogP contribution is 2.24. The number of hydroxylamine groups is 1. The van der Waals surface area contributed by atoms with Crippen LogP contribution in [0.15, 0.2) is 60.8 Å². The zero-order chi connectivity index (χ0) is 24.5. The first-order valence-electron chi connectivity index (χ1n) is 12.4. The maximum absolute atomic E-state index is 12.5. The van der Waals surface area contributed by atoms with Crippen LogP contribution in [0.2, 0.25) is 0 Å². The van der Waals surface area contributed by atoms with Crippen LogP contribution in [-0.2, 0) is 22.6 Å². The van der Waals surface area contributed by atoms with Gasteiger partial charge in [-0.05, 0) is 48.1 Å². The summed E-state index contributed by atoms with van der Waals surface area (Å²) in [6.45, 7) is 3.06. The van der Waals surface area contributed by atoms with Crippen LogP contribution in [0.4, 0.5) is 0 Å². The Morgan fingerprint density at radius 3 is 2.60 bits per heavy atom. The number of para-hydroxylation sites is 1. The van der Waals surface area contributed by atoms with Crippen molar-refractivity contribution in [3.05, 3.63) is 77.5 Å². The Morgan fingerprint density at radius 1 is 1.06 bits per heavy atom. The van der Waals surface area contributed by atoms with E-state index in [0.717, 1.165) is 68.4 Å². The molecule has 7 nitrogen and oxygen atoms in total. The fourth-order valence-corrected chi connectivity index (χ4v) is 4.76. The molecule has 0 radical (unpaired) electrons. The second-order valence-corrected chi connectivity index (χ2v) is 9.21. The second kappa shape index (κ2) is 12.3. The zero-order valence-corrected chi connectivity index (χ0v) is 20.0. The summed E-state index contributed by atoms with van der Waals surface area (Å²) >= 11 is 0. The van der Waals surface area contributed by atoms with Gasteiger partial charge in [0.15, 0.2) is 0 Å². The van der Waals surface area contributed by atoms with Crippen molar-refractivity contribution in [1.29, 1.82) is 0 Å². The lowest BCUT2D eigenvalue weighted by molar-refractivity contribution is -0.125. The lowest BCUT2D eigenvalue weighted by atomic mass is 10.1. The number of hydrogen-bond donors (Lipinski definition) is 4. The van der Waals surface area contributed by atoms with E-state index in [0.29, 0.717) is 6.54 Å². The Morgan fingerprint density at radius 2 is 1.83 bits per heavy atom. The summed E-state index contributed by atoms with van der Waals surface area (Å²) in [5, 5.41) is 13.0. The first kappa shape index (κ1) is 24.7. The maximum atomic E-state index is 12.5. The molecular formula is C28H34N4O3. The molecule has 1 aromatic heterocycles. The van der Waals surface area contributed by atoms with Crippen molar-refractivity contribution >= 4 is 28.8 Å². The molecule has 0 atom stereocenters. The normalized spacial score (nSPS) is 14.2. The summed E-state index contributed by atoms with van der Waals surface area (Å²) < 4.78 is 0. The number of H-pyrrole nitrogens is 1. The minimum atomic E-state index is -0.558. The van der Waals surface area contributed by atoms with Crippen LogP contribution in [-0.4, -0.2) is 46.5 Å². The number of amides is 2. The van der Waals surface area contributed by atoms with E-state index in [1.165, 1.54) is 17.0 Å². The topological polar surface area (TPSA) is 97.5 Å². The minimum Gasteiger partial charge on any atom is -0.361 e. The Bertz CT molecular complexity index is 1150. The SMILES string of the molecule is O=C(C=Cc1ccc(CN(CCNC(=O)C2CCCC2)CCc2c[nH]c3ccccc23)cc1)NO. The number of carbonyl (C=O) groups excluding carboxylic acids is 2. The molecular weight excluding hydrogens is 440 g/mol. The molecule has 0 unspecified atom stereocenters. The molecule has 184 valence electrons. The first-order valence-corrected chi connectivity index (χ1v) is 12.4. The number of fused-ring (bicyclic) bond motifs is 1. The molecule has 0 saturated heterocycles. The average Bonchev–Trinajstić information content (AvgIpc) is 3.57. The van der Waals surface area contributed by atoms with Crippen molar-refractivity contribution in [1.82, 2.24) is 20.7 Å². The summed E-state index contributed by atoms with van der Waals surface area (Å²) in [7, 11) is 0. The van der Waals surface area contributed by atoms with Gasteiger partial charge in [-0.15, -0.1) is 0 Å². The maximum Gasteiger partial charge on any atom is 0.267 e. The quantitative estimate of drug-likeness (QED) is 0.192. The number of nitrogens with zero attached hydrogens (tertiary/aromatic N) is 1. The highest BCUT2D eigenvalue weighted by molar-refractivity contribution is 5.90. The molecule has 2 amide bonds. The molecule has 1 heterocycles. The summed E-state index contributed by atoms with van der Waals surface area (Å²) in [6, 6.07) is 16.4. The van der Waals surface area contributed by atoms with Gasteiger partial charge >= 0.3 is 0 Å². The Hall–Kier alpha value is -3.42. The Labute approximate surface area is 206 Å². The van der Waals surface area contributed by atoms with Gasteiger partial charge in [-0.2, -0.15) is 0 Å². The van der Waals surface area contributed by atoms with Gasteiger partial charge in [0.1, 0.15) is 0 Å². The standard InChI is InChI=1S/C28H34N4O3/c33-27(31-35)14-13-21-9-11-22(12-10-21)20-32(18-16-29-28(34)23-5-1-2-6-23)17-15-24-19-30-26-8-4-3-7-25(24)26/h3-4,7-14,19,23,30,35H,1-2,5-6,15-18,20H2,(H,29,34)(H,31,33). The van der Waals surface area contributed by atoms with Crippen LogP contribution in [0, 0.1) is 5.92 Å². The van der Waals surface area contributed by atoms with E-state index in [-0.39, 0.29) is 11.8 Å². The highest BCUT2D eigenvalue weighted by Gasteiger charge is 2.22. The van der Waals surface area contributed by atoms with Gasteiger partial charge in [-0.25, -0.2) is 5.48 Å². The molecule has 4 N–H and O–H groups in total. The van der Waals surface area contributed by atoms with Crippen LogP contribution in [0.25, 0.3) is 17.0 Å². The van der Waals surface area contributed by atoms with Crippen LogP contribution < -0.4 is 10.8 Å². The molecule has 1 saturated carbocycles. The fraction of sp³-hybridized carbons (Fsp3) is 0.357. The van der Waals surface area contributed by atoms with Crippen LogP contribution >= 0.6 is 0 Å². The van der Waals surface area contributed by atoms with E-state index < -0.39 is 5.91 Å². The van der Waals surface area contributed by atoms with E-state index in [2.05, 4.69) is 39.6 Å². The summed E-state index contributed by atoms with van der Waals surface area (Å²) in [4.78, 5) is 29.4. The second-order valence-electron chi connectivity index (χ2n) is 9.21. The summed E-state index contributed by atoms with van der Waals surface area (Å²) in [6.07, 6.45) is 10.3. The van der Waals surface area contributed by atoms with Crippen molar-refractivity contribution in [2.75, 3.05) is 19.6 Å². The molecule has 1 fully saturated rings. The number of aromatic amines is 1. The molecule has 1 aliphatic carbocycles. The van der Waals surface area contributed by atoms with Crippen molar-refractivity contribution in [2.45, 2.75) is 38.6 Å². The van der Waals surface area contributed by atoms with Gasteiger partial charge in [0.05, 0.1) is 0 Å². The lowest BCUT2D eigenvalue weighted by Crippen LogP contribution is -2.37. The molecule has 0 aliphatic heterocycles. The van der Waals surface area contributed by atoms with E-state index in [4.69, 9.17) is 5.21 Å². The molecule has 4 rings (SSSR count). The summed E-state index contributed by atoms with van der Waals surface area (Å²) in [5.74, 6) is -0.178. The van der Waals surface area contributed by atoms with Gasteiger partial charge in [0.25, 0.3) is 5.91 Å². The first-order chi connectivity index (χ1) is 17.1. The molecule has 35 heavy (non-hydrogen) atoms. The Kier molecular flexibility index (Phi) is 8.70. The molecule has 2 aromatic carbocycles. The van der Waals surface area contributed by atoms with Crippen molar-refractivity contribution in [3.63, 3.8) is 0 Å². The number of rotatable bonds is 11. The average molecular weight is 475 g/mol. The highest BCUT2D eigenvalue weighted by atomic mass is 16.5. The van der Waals surface area contributed by atoms with Gasteiger partial charge < -0.3 is 10.3 Å². The van der Waals surface area contributed by atoms with Crippen molar-refractivity contribution in [2.24, 2.45) is 5.92 Å². The molecule has 0 bridgehead atoms. The fourth-order valence-electron chi connectivity index (χ4n) is 4.76.